The summed E-state index contributed by atoms with van der Waals surface area (Å²) in [5, 5.41) is 32.3. The summed E-state index contributed by atoms with van der Waals surface area (Å²) in [6, 6.07) is 61.5. The van der Waals surface area contributed by atoms with Gasteiger partial charge in [0.1, 0.15) is 78.5 Å². The first-order valence-electron chi connectivity index (χ1n) is 47.7. The minimum Gasteiger partial charge on any atom is -0.465 e. The predicted octanol–water partition coefficient (Wildman–Crippen LogP) is 14.3. The number of hydrogen-bond acceptors (Lipinski definition) is 30. The Bertz CT molecular complexity index is 5070. The molecule has 5 aliphatic rings. The molecule has 31 nitrogen and oxygen atoms in total. The van der Waals surface area contributed by atoms with Crippen molar-refractivity contribution in [2.45, 2.75) is 329 Å². The summed E-state index contributed by atoms with van der Waals surface area (Å²) in [6.07, 6.45) is -30.7. The molecule has 23 atom stereocenters. The number of thioether (sulfide) groups is 1. The molecule has 5 fully saturated rings. The zero-order valence-corrected chi connectivity index (χ0v) is 86.8. The van der Waals surface area contributed by atoms with Crippen LogP contribution in [0.2, 0.25) is 36.3 Å². The largest absolute Gasteiger partial charge is 0.465 e. The first-order chi connectivity index (χ1) is 66.4. The van der Waals surface area contributed by atoms with E-state index in [0.29, 0.717) is 21.6 Å². The van der Waals surface area contributed by atoms with E-state index in [0.717, 1.165) is 42.7 Å². The Morgan fingerprint density at radius 3 is 1.41 bits per heavy atom. The third kappa shape index (κ3) is 28.7. The molecule has 5 aliphatic heterocycles. The number of esters is 4. The fourth-order valence-electron chi connectivity index (χ4n) is 16.9. The van der Waals surface area contributed by atoms with Gasteiger partial charge < -0.3 is 120 Å². The molecule has 0 aromatic heterocycles. The number of aliphatic hydroxyl groups is 2. The minimum absolute atomic E-state index is 0.0225. The lowest BCUT2D eigenvalue weighted by Gasteiger charge is -2.55. The van der Waals surface area contributed by atoms with Crippen molar-refractivity contribution in [2.75, 3.05) is 40.6 Å². The van der Waals surface area contributed by atoms with Gasteiger partial charge in [0.15, 0.2) is 47.2 Å². The van der Waals surface area contributed by atoms with E-state index >= 15 is 9.59 Å². The summed E-state index contributed by atoms with van der Waals surface area (Å²) < 4.78 is 147. The Hall–Kier alpha value is -8.62. The first kappa shape index (κ1) is 110. The van der Waals surface area contributed by atoms with Crippen molar-refractivity contribution >= 4 is 64.1 Å². The molecule has 0 aliphatic carbocycles. The number of rotatable bonds is 43. The Balaban J connectivity index is 1.08. The van der Waals surface area contributed by atoms with Gasteiger partial charge in [-0.25, -0.2) is 9.59 Å². The number of carbonyl (C=O) groups is 6. The highest BCUT2D eigenvalue weighted by Gasteiger charge is 2.69. The zero-order chi connectivity index (χ0) is 101. The van der Waals surface area contributed by atoms with E-state index in [9.17, 15) is 29.4 Å². The van der Waals surface area contributed by atoms with Crippen LogP contribution in [0, 0.1) is 5.41 Å². The molecular formula is C106H142N2O29SSi2. The van der Waals surface area contributed by atoms with Crippen molar-refractivity contribution in [3.8, 4) is 0 Å². The number of carbonyl (C=O) groups excluding carboxylic acids is 6. The number of amides is 2. The van der Waals surface area contributed by atoms with Gasteiger partial charge in [0.25, 0.3) is 11.6 Å². The predicted molar refractivity (Wildman–Crippen MR) is 523 cm³/mol. The molecule has 5 heterocycles. The molecule has 0 spiro atoms. The van der Waals surface area contributed by atoms with Gasteiger partial charge in [-0.15, -0.1) is 11.8 Å². The summed E-state index contributed by atoms with van der Waals surface area (Å²) >= 11 is 1.04. The number of benzene rings is 7. The first-order valence-corrected chi connectivity index (χ1v) is 54.4. The van der Waals surface area contributed by atoms with Crippen molar-refractivity contribution < 1.29 is 138 Å². The van der Waals surface area contributed by atoms with Crippen LogP contribution in [0.4, 0.5) is 0 Å². The van der Waals surface area contributed by atoms with Crippen LogP contribution in [0.25, 0.3) is 0 Å². The molecule has 0 bridgehead atoms. The third-order valence-corrected chi connectivity index (χ3v) is 36.7. The second-order valence-electron chi connectivity index (χ2n) is 40.6. The van der Waals surface area contributed by atoms with Crippen molar-refractivity contribution in [1.29, 1.82) is 0 Å². The molecule has 764 valence electrons. The molecule has 7 aromatic carbocycles. The molecule has 0 unspecified atom stereocenters. The van der Waals surface area contributed by atoms with E-state index in [4.69, 9.17) is 98.9 Å². The number of nitrogens with one attached hydrogen (secondary N) is 2. The van der Waals surface area contributed by atoms with Crippen molar-refractivity contribution in [2.24, 2.45) is 5.41 Å². The van der Waals surface area contributed by atoms with Crippen LogP contribution in [0.3, 0.4) is 0 Å². The lowest BCUT2D eigenvalue weighted by atomic mass is 9.86. The van der Waals surface area contributed by atoms with Gasteiger partial charge in [-0.2, -0.15) is 0 Å². The second kappa shape index (κ2) is 48.8. The Kier molecular flexibility index (Phi) is 38.4. The van der Waals surface area contributed by atoms with Gasteiger partial charge in [-0.05, 0) is 116 Å². The van der Waals surface area contributed by atoms with Gasteiger partial charge in [0.05, 0.1) is 110 Å². The van der Waals surface area contributed by atoms with Crippen LogP contribution in [0.5, 0.6) is 0 Å². The third-order valence-electron chi connectivity index (χ3n) is 26.3. The topological polar surface area (TPSA) is 361 Å². The molecule has 0 radical (unpaired) electrons. The molecule has 34 heteroatoms. The standard InChI is InChI=1S/C106H142N2O29SSi2/c1-67(109)107-82-77(137-140(19,20)103(10,11)12)56-105(99(115)117-15,134-88(82)85(113)79(66-126-139(17,18)102(7,8)9)133-106(100(116)118-16)95(138-76-54-40-27-41-55-76)90(121-59-72-46-32-23-33-47-72)83(108-68(2)110)89(136-106)87(127-69(3)111)81-65-125-104(13,14)132-81)135-91-84(112)78(63-119-57-70-42-28-21-29-43-70)128-97(93(91)123-61-74-50-36-25-37-51-74)130-86-80(64-120-58-71-44-30-22-31-45-71)129-96(124-62-75-52-38-26-39-53-75)94(131-98(114)101(4,5)6)92(86)122-60-73-48-34-24-35-49-73/h21-55,77-97,112-113H,56-66H2,1-20H3,(H,107,109)(H,108,110)/t77-,78+,79+,80+,81+,82+,83-,84-,85+,86+,87+,88+,89+,90+,91-,92-,93+,94+,95-,96+,97-,105-,106+/m0/s1. The van der Waals surface area contributed by atoms with Crippen LogP contribution >= 0.6 is 11.8 Å². The Morgan fingerprint density at radius 2 is 0.957 bits per heavy atom. The molecule has 7 aromatic rings. The van der Waals surface area contributed by atoms with Gasteiger partial charge in [-0.3, -0.25) is 19.2 Å². The smallest absolute Gasteiger partial charge is 0.367 e. The minimum atomic E-state index is -3.35. The average Bonchev–Trinajstić information content (AvgIpc) is 0.862. The zero-order valence-electron chi connectivity index (χ0n) is 83.9. The van der Waals surface area contributed by atoms with Gasteiger partial charge >= 0.3 is 23.9 Å². The fraction of sp³-hybridized carbons (Fsp3) is 0.547. The van der Waals surface area contributed by atoms with Crippen LogP contribution in [0.1, 0.15) is 137 Å². The summed E-state index contributed by atoms with van der Waals surface area (Å²) in [7, 11) is -4.34. The molecule has 5 saturated heterocycles. The highest BCUT2D eigenvalue weighted by Crippen LogP contribution is 2.51. The quantitative estimate of drug-likeness (QED) is 0.0157. The van der Waals surface area contributed by atoms with E-state index in [1.807, 2.05) is 250 Å². The van der Waals surface area contributed by atoms with Crippen LogP contribution in [-0.4, -0.2) is 248 Å². The molecule has 0 saturated carbocycles. The molecule has 12 rings (SSSR count). The SMILES string of the molecule is COC(=O)[C@@]1(O[C@H]2[C@@H](O)[C@@H](COCc3ccccc3)O[C@@H](O[C@H]3[C@H](OCc4ccccc4)[C@@H](OC(=O)C(C)(C)C)[C@H](OCc4ccccc4)O[C@@H]3COCc3ccccc3)[C@@H]2OCc2ccccc2)C[C@H](O[Si](C)(C)C(C)(C)C)[C@@H](NC(C)=O)[C@H]([C@H](O)[C@@H](CO[Si](C)(C)C(C)(C)C)O[C@@]2(C(=O)OC)O[C@@H]([C@H](OC(C)=O)[C@H]3COC(C)(C)O3)[C@H](NC(C)=O)[C@@H](OCc3ccccc3)[C@@H]2Sc2ccccc2)O1. The maximum Gasteiger partial charge on any atom is 0.367 e. The highest BCUT2D eigenvalue weighted by molar-refractivity contribution is 8.00. The summed E-state index contributed by atoms with van der Waals surface area (Å²) in [5.74, 6) is -12.6. The van der Waals surface area contributed by atoms with Crippen LogP contribution in [-0.2, 0) is 167 Å². The van der Waals surface area contributed by atoms with Crippen LogP contribution < -0.4 is 10.6 Å². The van der Waals surface area contributed by atoms with E-state index in [1.165, 1.54) is 20.8 Å². The van der Waals surface area contributed by atoms with Crippen LogP contribution in [0.15, 0.2) is 217 Å². The van der Waals surface area contributed by atoms with E-state index in [-0.39, 0.29) is 52.9 Å². The number of methoxy groups -OCH3 is 2. The maximum atomic E-state index is 16.7. The lowest BCUT2D eigenvalue weighted by Crippen LogP contribution is -2.76. The molecular weight excluding hydrogens is 1850 g/mol. The van der Waals surface area contributed by atoms with Crippen molar-refractivity contribution in [3.05, 3.63) is 246 Å². The molecule has 4 N–H and O–H groups in total. The Labute approximate surface area is 828 Å². The van der Waals surface area contributed by atoms with Crippen molar-refractivity contribution in [1.82, 2.24) is 10.6 Å². The fourth-order valence-corrected chi connectivity index (χ4v) is 20.6. The summed E-state index contributed by atoms with van der Waals surface area (Å²) in [5.41, 5.74) is 3.14. The van der Waals surface area contributed by atoms with Gasteiger partial charge in [0.2, 0.25) is 11.8 Å². The highest BCUT2D eigenvalue weighted by atomic mass is 32.2. The summed E-state index contributed by atoms with van der Waals surface area (Å²) in [6.45, 7) is 29.8. The monoisotopic (exact) mass is 1990 g/mol. The van der Waals surface area contributed by atoms with E-state index in [2.05, 4.69) is 10.6 Å². The second-order valence-corrected chi connectivity index (χ2v) is 51.4. The van der Waals surface area contributed by atoms with Crippen molar-refractivity contribution in [3.63, 3.8) is 0 Å². The normalized spacial score (nSPS) is 27.9. The Morgan fingerprint density at radius 1 is 0.507 bits per heavy atom. The molecule has 140 heavy (non-hydrogen) atoms. The number of aliphatic hydroxyl groups excluding tert-OH is 2. The van der Waals surface area contributed by atoms with Gasteiger partial charge in [-0.1, -0.05) is 242 Å². The van der Waals surface area contributed by atoms with E-state index < -0.39 is 232 Å². The summed E-state index contributed by atoms with van der Waals surface area (Å²) in [4.78, 5) is 91.8. The number of ether oxygens (including phenoxy) is 19. The maximum absolute atomic E-state index is 16.7. The number of hydrogen-bond donors (Lipinski definition) is 4. The average molecular weight is 2000 g/mol. The van der Waals surface area contributed by atoms with E-state index in [1.54, 1.807) is 65.0 Å². The van der Waals surface area contributed by atoms with Gasteiger partial charge in [0, 0.05) is 32.1 Å². The lowest BCUT2D eigenvalue weighted by molar-refractivity contribution is -0.395. The molecule has 2 amide bonds.